The van der Waals surface area contributed by atoms with Gasteiger partial charge >= 0.3 is 0 Å². The Morgan fingerprint density at radius 2 is 1.93 bits per heavy atom. The summed E-state index contributed by atoms with van der Waals surface area (Å²) in [5.41, 5.74) is 0.919. The second-order valence-corrected chi connectivity index (χ2v) is 8.83. The number of amides is 1. The number of rotatable bonds is 5. The SMILES string of the molecule is CC(C)c1ncc([C@@H]2[C@H](O)[C@@H](C(=O)N3CCOCC3)C[C@H]2NC2CCOCC2)[nH]1. The molecule has 29 heavy (non-hydrogen) atoms. The van der Waals surface area contributed by atoms with Crippen LogP contribution < -0.4 is 5.32 Å². The molecule has 0 bridgehead atoms. The van der Waals surface area contributed by atoms with E-state index in [0.29, 0.717) is 38.8 Å². The van der Waals surface area contributed by atoms with E-state index in [2.05, 4.69) is 29.1 Å². The second kappa shape index (κ2) is 9.12. The maximum atomic E-state index is 13.2. The second-order valence-electron chi connectivity index (χ2n) is 8.83. The number of carbonyl (C=O) groups is 1. The van der Waals surface area contributed by atoms with Crippen LogP contribution in [0.2, 0.25) is 0 Å². The zero-order chi connectivity index (χ0) is 20.4. The lowest BCUT2D eigenvalue weighted by Crippen LogP contribution is -2.45. The van der Waals surface area contributed by atoms with Gasteiger partial charge in [-0.3, -0.25) is 4.79 Å². The van der Waals surface area contributed by atoms with Crippen molar-refractivity contribution < 1.29 is 19.4 Å². The van der Waals surface area contributed by atoms with E-state index < -0.39 is 12.0 Å². The van der Waals surface area contributed by atoms with Crippen molar-refractivity contribution >= 4 is 5.91 Å². The molecular weight excluding hydrogens is 372 g/mol. The predicted octanol–water partition coefficient (Wildman–Crippen LogP) is 0.994. The number of imidazole rings is 1. The van der Waals surface area contributed by atoms with Crippen molar-refractivity contribution in [2.75, 3.05) is 39.5 Å². The number of aliphatic hydroxyl groups excluding tert-OH is 1. The highest BCUT2D eigenvalue weighted by Crippen LogP contribution is 2.40. The summed E-state index contributed by atoms with van der Waals surface area (Å²) in [5.74, 6) is 0.676. The third kappa shape index (κ3) is 4.50. The maximum absolute atomic E-state index is 13.2. The van der Waals surface area contributed by atoms with Crippen LogP contribution in [0.1, 0.15) is 56.5 Å². The Labute approximate surface area is 172 Å². The molecule has 4 rings (SSSR count). The smallest absolute Gasteiger partial charge is 0.228 e. The molecule has 8 nitrogen and oxygen atoms in total. The van der Waals surface area contributed by atoms with E-state index in [9.17, 15) is 9.90 Å². The van der Waals surface area contributed by atoms with E-state index >= 15 is 0 Å². The van der Waals surface area contributed by atoms with E-state index in [4.69, 9.17) is 9.47 Å². The van der Waals surface area contributed by atoms with Crippen molar-refractivity contribution in [3.63, 3.8) is 0 Å². The van der Waals surface area contributed by atoms with E-state index in [-0.39, 0.29) is 23.8 Å². The van der Waals surface area contributed by atoms with Gasteiger partial charge in [0.2, 0.25) is 5.91 Å². The molecular formula is C21H34N4O4. The highest BCUT2D eigenvalue weighted by Gasteiger charge is 2.48. The Morgan fingerprint density at radius 3 is 2.59 bits per heavy atom. The molecule has 1 aromatic rings. The Hall–Kier alpha value is -1.48. The van der Waals surface area contributed by atoms with Crippen LogP contribution in [0.15, 0.2) is 6.20 Å². The monoisotopic (exact) mass is 406 g/mol. The number of aromatic nitrogens is 2. The number of aromatic amines is 1. The lowest BCUT2D eigenvalue weighted by atomic mass is 9.95. The Balaban J connectivity index is 1.54. The van der Waals surface area contributed by atoms with E-state index in [1.54, 1.807) is 0 Å². The fourth-order valence-corrected chi connectivity index (χ4v) is 4.87. The average molecular weight is 407 g/mol. The van der Waals surface area contributed by atoms with Crippen LogP contribution in [0.4, 0.5) is 0 Å². The number of ether oxygens (including phenoxy) is 2. The van der Waals surface area contributed by atoms with Gasteiger partial charge in [0.25, 0.3) is 0 Å². The fraction of sp³-hybridized carbons (Fsp3) is 0.810. The summed E-state index contributed by atoms with van der Waals surface area (Å²) in [7, 11) is 0. The molecule has 0 aromatic carbocycles. The molecule has 3 heterocycles. The van der Waals surface area contributed by atoms with Crippen molar-refractivity contribution in [2.24, 2.45) is 5.92 Å². The summed E-state index contributed by atoms with van der Waals surface area (Å²) in [6.45, 7) is 8.05. The van der Waals surface area contributed by atoms with Gasteiger partial charge in [-0.05, 0) is 19.3 Å². The van der Waals surface area contributed by atoms with Crippen LogP contribution in [0.25, 0.3) is 0 Å². The van der Waals surface area contributed by atoms with Crippen LogP contribution in [0.3, 0.4) is 0 Å². The van der Waals surface area contributed by atoms with Gasteiger partial charge in [0.15, 0.2) is 0 Å². The zero-order valence-electron chi connectivity index (χ0n) is 17.5. The molecule has 1 aromatic heterocycles. The summed E-state index contributed by atoms with van der Waals surface area (Å²) in [4.78, 5) is 22.9. The molecule has 0 unspecified atom stereocenters. The first-order chi connectivity index (χ1) is 14.0. The number of aliphatic hydroxyl groups is 1. The van der Waals surface area contributed by atoms with Crippen LogP contribution in [-0.2, 0) is 14.3 Å². The van der Waals surface area contributed by atoms with Gasteiger partial charge in [-0.1, -0.05) is 13.8 Å². The summed E-state index contributed by atoms with van der Waals surface area (Å²) < 4.78 is 10.9. The first-order valence-corrected chi connectivity index (χ1v) is 11.0. The molecule has 1 saturated carbocycles. The molecule has 8 heteroatoms. The lowest BCUT2D eigenvalue weighted by Gasteiger charge is -2.30. The van der Waals surface area contributed by atoms with E-state index in [1.165, 1.54) is 0 Å². The molecule has 3 fully saturated rings. The highest BCUT2D eigenvalue weighted by molar-refractivity contribution is 5.80. The highest BCUT2D eigenvalue weighted by atomic mass is 16.5. The molecule has 2 saturated heterocycles. The topological polar surface area (TPSA) is 99.7 Å². The van der Waals surface area contributed by atoms with Crippen LogP contribution in [0.5, 0.6) is 0 Å². The lowest BCUT2D eigenvalue weighted by molar-refractivity contribution is -0.142. The Bertz CT molecular complexity index is 682. The summed E-state index contributed by atoms with van der Waals surface area (Å²) in [6, 6.07) is 0.386. The Morgan fingerprint density at radius 1 is 1.24 bits per heavy atom. The van der Waals surface area contributed by atoms with Crippen LogP contribution in [0, 0.1) is 5.92 Å². The van der Waals surface area contributed by atoms with E-state index in [1.807, 2.05) is 11.1 Å². The molecule has 1 aliphatic carbocycles. The third-order valence-electron chi connectivity index (χ3n) is 6.55. The largest absolute Gasteiger partial charge is 0.392 e. The zero-order valence-corrected chi connectivity index (χ0v) is 17.5. The number of H-pyrrole nitrogens is 1. The minimum Gasteiger partial charge on any atom is -0.392 e. The maximum Gasteiger partial charge on any atom is 0.228 e. The number of carbonyl (C=O) groups excluding carboxylic acids is 1. The quantitative estimate of drug-likeness (QED) is 0.675. The third-order valence-corrected chi connectivity index (χ3v) is 6.55. The normalized spacial score (nSPS) is 31.5. The van der Waals surface area contributed by atoms with Gasteiger partial charge < -0.3 is 29.8 Å². The Kier molecular flexibility index (Phi) is 6.53. The number of morpholine rings is 1. The van der Waals surface area contributed by atoms with Gasteiger partial charge in [0.1, 0.15) is 5.82 Å². The summed E-state index contributed by atoms with van der Waals surface area (Å²) in [6.07, 6.45) is 3.66. The molecule has 0 spiro atoms. The first kappa shape index (κ1) is 20.8. The minimum atomic E-state index is -0.733. The van der Waals surface area contributed by atoms with Crippen molar-refractivity contribution in [1.29, 1.82) is 0 Å². The van der Waals surface area contributed by atoms with Gasteiger partial charge in [-0.15, -0.1) is 0 Å². The number of hydrogen-bond donors (Lipinski definition) is 3. The number of hydrogen-bond acceptors (Lipinski definition) is 6. The molecule has 2 aliphatic heterocycles. The van der Waals surface area contributed by atoms with Crippen LogP contribution >= 0.6 is 0 Å². The summed E-state index contributed by atoms with van der Waals surface area (Å²) >= 11 is 0. The van der Waals surface area contributed by atoms with Gasteiger partial charge in [-0.25, -0.2) is 4.98 Å². The molecule has 0 radical (unpaired) electrons. The summed E-state index contributed by atoms with van der Waals surface area (Å²) in [5, 5.41) is 15.0. The first-order valence-electron chi connectivity index (χ1n) is 11.0. The van der Waals surface area contributed by atoms with Crippen molar-refractivity contribution in [2.45, 2.75) is 63.1 Å². The number of nitrogens with one attached hydrogen (secondary N) is 2. The van der Waals surface area contributed by atoms with Crippen molar-refractivity contribution in [3.8, 4) is 0 Å². The molecule has 1 amide bonds. The number of nitrogens with zero attached hydrogens (tertiary/aromatic N) is 2. The van der Waals surface area contributed by atoms with Crippen LogP contribution in [-0.4, -0.2) is 83.6 Å². The van der Waals surface area contributed by atoms with Gasteiger partial charge in [-0.2, -0.15) is 0 Å². The predicted molar refractivity (Wildman–Crippen MR) is 108 cm³/mol. The van der Waals surface area contributed by atoms with Crippen molar-refractivity contribution in [1.82, 2.24) is 20.2 Å². The molecule has 3 aliphatic rings. The molecule has 162 valence electrons. The minimum absolute atomic E-state index is 0.0311. The molecule has 4 atom stereocenters. The van der Waals surface area contributed by atoms with Crippen molar-refractivity contribution in [3.05, 3.63) is 17.7 Å². The molecule has 3 N–H and O–H groups in total. The standard InChI is InChI=1S/C21H34N4O4/c1-13(2)20-22-12-17(24-20)18-16(23-14-3-7-28-8-4-14)11-15(19(18)26)21(27)25-5-9-29-10-6-25/h12-16,18-19,23,26H,3-11H2,1-2H3,(H,22,24)/t15-,16+,18+,19+/m0/s1. The van der Waals surface area contributed by atoms with Gasteiger partial charge in [0, 0.05) is 62.1 Å². The van der Waals surface area contributed by atoms with E-state index in [0.717, 1.165) is 37.6 Å². The average Bonchev–Trinajstić information content (AvgIpc) is 3.34. The fourth-order valence-electron chi connectivity index (χ4n) is 4.87. The van der Waals surface area contributed by atoms with Gasteiger partial charge in [0.05, 0.1) is 25.2 Å².